The molecule has 0 atom stereocenters. The van der Waals surface area contributed by atoms with E-state index in [1.807, 2.05) is 20.0 Å². The number of nitrogens with zero attached hydrogens (tertiary/aromatic N) is 3. The molecule has 0 bridgehead atoms. The zero-order valence-electron chi connectivity index (χ0n) is 14.0. The Balaban J connectivity index is 1.59. The number of nitro benzene ring substituents is 1. The molecule has 3 rings (SSSR count). The summed E-state index contributed by atoms with van der Waals surface area (Å²) in [5.74, 6) is 1.03. The molecule has 24 heavy (non-hydrogen) atoms. The van der Waals surface area contributed by atoms with Crippen LogP contribution in [0, 0.1) is 24.0 Å². The molecule has 1 fully saturated rings. The van der Waals surface area contributed by atoms with Crippen molar-refractivity contribution in [1.29, 1.82) is 0 Å². The number of nitro groups is 1. The summed E-state index contributed by atoms with van der Waals surface area (Å²) in [5.41, 5.74) is 3.20. The molecule has 2 aromatic rings. The highest BCUT2D eigenvalue weighted by Gasteiger charge is 2.20. The largest absolute Gasteiger partial charge is 0.382 e. The summed E-state index contributed by atoms with van der Waals surface area (Å²) in [4.78, 5) is 17.3. The first-order chi connectivity index (χ1) is 11.5. The van der Waals surface area contributed by atoms with E-state index >= 15 is 0 Å². The van der Waals surface area contributed by atoms with Crippen molar-refractivity contribution in [3.8, 4) is 0 Å². The maximum absolute atomic E-state index is 10.8. The molecule has 0 radical (unpaired) electrons. The number of benzene rings is 1. The maximum Gasteiger partial charge on any atom is 0.269 e. The maximum atomic E-state index is 10.8. The van der Waals surface area contributed by atoms with Gasteiger partial charge >= 0.3 is 0 Å². The lowest BCUT2D eigenvalue weighted by Crippen LogP contribution is -2.39. The second kappa shape index (κ2) is 6.86. The first-order valence-electron chi connectivity index (χ1n) is 8.22. The summed E-state index contributed by atoms with van der Waals surface area (Å²) in [5, 5.41) is 14.3. The first kappa shape index (κ1) is 16.2. The predicted molar refractivity (Wildman–Crippen MR) is 95.7 cm³/mol. The number of aromatic nitrogens is 1. The third kappa shape index (κ3) is 3.64. The highest BCUT2D eigenvalue weighted by Crippen LogP contribution is 2.25. The number of anilines is 2. The van der Waals surface area contributed by atoms with Gasteiger partial charge in [-0.2, -0.15) is 0 Å². The van der Waals surface area contributed by atoms with E-state index in [9.17, 15) is 10.1 Å². The van der Waals surface area contributed by atoms with Gasteiger partial charge in [0.2, 0.25) is 0 Å². The van der Waals surface area contributed by atoms with Crippen LogP contribution in [0.4, 0.5) is 17.2 Å². The van der Waals surface area contributed by atoms with Gasteiger partial charge in [-0.1, -0.05) is 6.07 Å². The fourth-order valence-electron chi connectivity index (χ4n) is 3.04. The number of rotatable bonds is 4. The van der Waals surface area contributed by atoms with E-state index in [4.69, 9.17) is 0 Å². The van der Waals surface area contributed by atoms with Crippen molar-refractivity contribution >= 4 is 17.2 Å². The number of non-ortho nitro benzene ring substituents is 1. The van der Waals surface area contributed by atoms with Gasteiger partial charge in [-0.05, 0) is 49.9 Å². The molecule has 0 spiro atoms. The van der Waals surface area contributed by atoms with Crippen LogP contribution in [0.3, 0.4) is 0 Å². The molecule has 0 saturated carbocycles. The number of pyridine rings is 1. The summed E-state index contributed by atoms with van der Waals surface area (Å²) < 4.78 is 0. The van der Waals surface area contributed by atoms with Gasteiger partial charge < -0.3 is 10.2 Å². The molecular formula is C18H22N4O2. The molecule has 6 nitrogen and oxygen atoms in total. The van der Waals surface area contributed by atoms with E-state index in [0.717, 1.165) is 43.0 Å². The van der Waals surface area contributed by atoms with Gasteiger partial charge in [-0.25, -0.2) is 4.98 Å². The number of nitrogens with one attached hydrogen (secondary N) is 1. The molecule has 2 heterocycles. The van der Waals surface area contributed by atoms with Gasteiger partial charge in [0.05, 0.1) is 4.92 Å². The zero-order valence-corrected chi connectivity index (χ0v) is 14.0. The standard InChI is InChI=1S/C18H22N4O2/c1-13-3-6-18(19-12-13)21-9-7-15(8-10-21)20-17-5-4-16(22(23)24)11-14(17)2/h3-6,11-12,15,20H,7-10H2,1-2H3. The minimum Gasteiger partial charge on any atom is -0.382 e. The molecule has 126 valence electrons. The van der Waals surface area contributed by atoms with Crippen LogP contribution in [0.15, 0.2) is 36.5 Å². The van der Waals surface area contributed by atoms with Crippen LogP contribution >= 0.6 is 0 Å². The normalized spacial score (nSPS) is 15.3. The Bertz CT molecular complexity index is 722. The Kier molecular flexibility index (Phi) is 4.64. The lowest BCUT2D eigenvalue weighted by atomic mass is 10.0. The van der Waals surface area contributed by atoms with Crippen LogP contribution in [0.2, 0.25) is 0 Å². The van der Waals surface area contributed by atoms with Gasteiger partial charge in [-0.15, -0.1) is 0 Å². The van der Waals surface area contributed by atoms with Gasteiger partial charge in [0.15, 0.2) is 0 Å². The monoisotopic (exact) mass is 326 g/mol. The van der Waals surface area contributed by atoms with Crippen LogP contribution in [0.1, 0.15) is 24.0 Å². The molecule has 1 N–H and O–H groups in total. The summed E-state index contributed by atoms with van der Waals surface area (Å²) >= 11 is 0. The predicted octanol–water partition coefficient (Wildman–Crippen LogP) is 3.69. The summed E-state index contributed by atoms with van der Waals surface area (Å²) in [7, 11) is 0. The summed E-state index contributed by atoms with van der Waals surface area (Å²) in [6, 6.07) is 9.53. The second-order valence-corrected chi connectivity index (χ2v) is 6.36. The molecule has 1 aromatic carbocycles. The van der Waals surface area contributed by atoms with Crippen molar-refractivity contribution in [2.24, 2.45) is 0 Å². The van der Waals surface area contributed by atoms with Crippen molar-refractivity contribution in [3.05, 3.63) is 57.8 Å². The van der Waals surface area contributed by atoms with Gasteiger partial charge in [0, 0.05) is 43.1 Å². The Morgan fingerprint density at radius 1 is 1.21 bits per heavy atom. The van der Waals surface area contributed by atoms with E-state index in [-0.39, 0.29) is 10.6 Å². The van der Waals surface area contributed by atoms with Crippen molar-refractivity contribution < 1.29 is 4.92 Å². The lowest BCUT2D eigenvalue weighted by Gasteiger charge is -2.34. The molecule has 0 unspecified atom stereocenters. The van der Waals surface area contributed by atoms with Gasteiger partial charge in [0.1, 0.15) is 5.82 Å². The number of hydrogen-bond acceptors (Lipinski definition) is 5. The highest BCUT2D eigenvalue weighted by atomic mass is 16.6. The molecule has 1 saturated heterocycles. The molecule has 6 heteroatoms. The average molecular weight is 326 g/mol. The Morgan fingerprint density at radius 3 is 2.54 bits per heavy atom. The minimum atomic E-state index is -0.357. The molecular weight excluding hydrogens is 304 g/mol. The summed E-state index contributed by atoms with van der Waals surface area (Å²) in [6.07, 6.45) is 3.94. The summed E-state index contributed by atoms with van der Waals surface area (Å²) in [6.45, 7) is 5.86. The molecule has 1 aliphatic heterocycles. The average Bonchev–Trinajstić information content (AvgIpc) is 2.58. The SMILES string of the molecule is Cc1ccc(N2CCC(Nc3ccc([N+](=O)[O-])cc3C)CC2)nc1. The fourth-order valence-corrected chi connectivity index (χ4v) is 3.04. The van der Waals surface area contributed by atoms with Crippen molar-refractivity contribution in [3.63, 3.8) is 0 Å². The minimum absolute atomic E-state index is 0.137. The van der Waals surface area contributed by atoms with Gasteiger partial charge in [0.25, 0.3) is 5.69 Å². The smallest absolute Gasteiger partial charge is 0.269 e. The van der Waals surface area contributed by atoms with Gasteiger partial charge in [-0.3, -0.25) is 10.1 Å². The number of aryl methyl sites for hydroxylation is 2. The highest BCUT2D eigenvalue weighted by molar-refractivity contribution is 5.56. The van der Waals surface area contributed by atoms with Crippen LogP contribution in [-0.4, -0.2) is 29.0 Å². The van der Waals surface area contributed by atoms with Crippen molar-refractivity contribution in [2.75, 3.05) is 23.3 Å². The molecule has 1 aromatic heterocycles. The third-order valence-electron chi connectivity index (χ3n) is 4.50. The fraction of sp³-hybridized carbons (Fsp3) is 0.389. The number of piperidine rings is 1. The molecule has 1 aliphatic rings. The Hall–Kier alpha value is -2.63. The zero-order chi connectivity index (χ0) is 17.1. The lowest BCUT2D eigenvalue weighted by molar-refractivity contribution is -0.384. The molecule has 0 aliphatic carbocycles. The third-order valence-corrected chi connectivity index (χ3v) is 4.50. The van der Waals surface area contributed by atoms with E-state index in [2.05, 4.69) is 27.3 Å². The van der Waals surface area contributed by atoms with Crippen LogP contribution in [0.5, 0.6) is 0 Å². The number of hydrogen-bond donors (Lipinski definition) is 1. The van der Waals surface area contributed by atoms with E-state index < -0.39 is 0 Å². The van der Waals surface area contributed by atoms with E-state index in [1.54, 1.807) is 18.2 Å². The Labute approximate surface area is 141 Å². The van der Waals surface area contributed by atoms with E-state index in [0.29, 0.717) is 6.04 Å². The van der Waals surface area contributed by atoms with Crippen molar-refractivity contribution in [1.82, 2.24) is 4.98 Å². The second-order valence-electron chi connectivity index (χ2n) is 6.36. The van der Waals surface area contributed by atoms with Crippen LogP contribution in [-0.2, 0) is 0 Å². The van der Waals surface area contributed by atoms with Crippen LogP contribution in [0.25, 0.3) is 0 Å². The van der Waals surface area contributed by atoms with E-state index in [1.165, 1.54) is 5.56 Å². The quantitative estimate of drug-likeness (QED) is 0.685. The first-order valence-corrected chi connectivity index (χ1v) is 8.22. The molecule has 0 amide bonds. The van der Waals surface area contributed by atoms with Crippen molar-refractivity contribution in [2.45, 2.75) is 32.7 Å². The topological polar surface area (TPSA) is 71.3 Å². The van der Waals surface area contributed by atoms with Crippen LogP contribution < -0.4 is 10.2 Å². The Morgan fingerprint density at radius 2 is 1.96 bits per heavy atom.